The van der Waals surface area contributed by atoms with Crippen molar-refractivity contribution in [3.05, 3.63) is 17.7 Å². The van der Waals surface area contributed by atoms with Crippen molar-refractivity contribution < 1.29 is 22.6 Å². The molecule has 21 heavy (non-hydrogen) atoms. The highest BCUT2D eigenvalue weighted by atomic mass is 32.2. The summed E-state index contributed by atoms with van der Waals surface area (Å²) in [7, 11) is 1.15. The molecule has 0 saturated carbocycles. The summed E-state index contributed by atoms with van der Waals surface area (Å²) in [5, 5.41) is 8.05. The number of methoxy groups -OCH3 is 3. The first kappa shape index (κ1) is 17.5. The number of hydrogen-bond donors (Lipinski definition) is 2. The molecule has 120 valence electrons. The minimum absolute atomic E-state index is 0.0968. The average molecular weight is 318 g/mol. The predicted octanol–water partition coefficient (Wildman–Crippen LogP) is 0.652. The molecule has 1 unspecified atom stereocenters. The lowest BCUT2D eigenvalue weighted by atomic mass is 10.1. The number of nitrogens with one attached hydrogen (secondary N) is 1. The zero-order valence-corrected chi connectivity index (χ0v) is 13.5. The van der Waals surface area contributed by atoms with Crippen LogP contribution in [0.2, 0.25) is 0 Å². The molecule has 0 aliphatic carbocycles. The summed E-state index contributed by atoms with van der Waals surface area (Å²) in [6.45, 7) is 2.17. The maximum absolute atomic E-state index is 10.9. The highest BCUT2D eigenvalue weighted by Gasteiger charge is 2.16. The SMILES string of the molecule is COc1cc(C(C)NCCS(N)(=O)=O)cc(OC)c1OC. The summed E-state index contributed by atoms with van der Waals surface area (Å²) in [4.78, 5) is 0. The fourth-order valence-electron chi connectivity index (χ4n) is 1.89. The van der Waals surface area contributed by atoms with Crippen molar-refractivity contribution in [1.29, 1.82) is 0 Å². The molecule has 8 heteroatoms. The standard InChI is InChI=1S/C13H22N2O5S/c1-9(15-5-6-21(14,16)17)10-7-11(18-2)13(20-4)12(8-10)19-3/h7-9,15H,5-6H2,1-4H3,(H2,14,16,17). The number of nitrogens with two attached hydrogens (primary N) is 1. The largest absolute Gasteiger partial charge is 0.493 e. The van der Waals surface area contributed by atoms with E-state index in [0.29, 0.717) is 17.2 Å². The van der Waals surface area contributed by atoms with E-state index in [2.05, 4.69) is 5.32 Å². The van der Waals surface area contributed by atoms with Crippen molar-refractivity contribution >= 4 is 10.0 Å². The maximum atomic E-state index is 10.9. The van der Waals surface area contributed by atoms with Gasteiger partial charge in [-0.15, -0.1) is 0 Å². The van der Waals surface area contributed by atoms with Crippen molar-refractivity contribution in [3.8, 4) is 17.2 Å². The number of sulfonamides is 1. The zero-order valence-electron chi connectivity index (χ0n) is 12.7. The summed E-state index contributed by atoms with van der Waals surface area (Å²) < 4.78 is 37.6. The first-order valence-electron chi connectivity index (χ1n) is 6.36. The van der Waals surface area contributed by atoms with E-state index >= 15 is 0 Å². The van der Waals surface area contributed by atoms with Gasteiger partial charge in [-0.3, -0.25) is 0 Å². The van der Waals surface area contributed by atoms with Crippen LogP contribution >= 0.6 is 0 Å². The van der Waals surface area contributed by atoms with Gasteiger partial charge in [0.25, 0.3) is 0 Å². The highest BCUT2D eigenvalue weighted by Crippen LogP contribution is 2.39. The van der Waals surface area contributed by atoms with Gasteiger partial charge < -0.3 is 19.5 Å². The third-order valence-electron chi connectivity index (χ3n) is 3.02. The van der Waals surface area contributed by atoms with Crippen molar-refractivity contribution in [2.45, 2.75) is 13.0 Å². The Balaban J connectivity index is 2.91. The van der Waals surface area contributed by atoms with Crippen LogP contribution in [0.3, 0.4) is 0 Å². The molecule has 7 nitrogen and oxygen atoms in total. The zero-order chi connectivity index (χ0) is 16.0. The maximum Gasteiger partial charge on any atom is 0.210 e. The predicted molar refractivity (Wildman–Crippen MR) is 80.5 cm³/mol. The Bertz CT molecular complexity index is 549. The molecule has 1 rings (SSSR count). The summed E-state index contributed by atoms with van der Waals surface area (Å²) in [5.41, 5.74) is 0.888. The normalized spacial score (nSPS) is 12.8. The first-order chi connectivity index (χ1) is 9.82. The summed E-state index contributed by atoms with van der Waals surface area (Å²) >= 11 is 0. The van der Waals surface area contributed by atoms with Crippen LogP contribution < -0.4 is 24.7 Å². The van der Waals surface area contributed by atoms with Gasteiger partial charge in [0.1, 0.15) is 0 Å². The van der Waals surface area contributed by atoms with Gasteiger partial charge in [-0.25, -0.2) is 13.6 Å². The quantitative estimate of drug-likeness (QED) is 0.730. The second kappa shape index (κ2) is 7.48. The molecule has 0 spiro atoms. The van der Waals surface area contributed by atoms with E-state index in [1.54, 1.807) is 14.2 Å². The Morgan fingerprint density at radius 3 is 2.05 bits per heavy atom. The van der Waals surface area contributed by atoms with E-state index in [9.17, 15) is 8.42 Å². The van der Waals surface area contributed by atoms with Crippen LogP contribution in [0.5, 0.6) is 17.2 Å². The smallest absolute Gasteiger partial charge is 0.210 e. The Morgan fingerprint density at radius 1 is 1.14 bits per heavy atom. The van der Waals surface area contributed by atoms with Crippen molar-refractivity contribution in [2.75, 3.05) is 33.6 Å². The Kier molecular flexibility index (Phi) is 6.25. The van der Waals surface area contributed by atoms with Crippen LogP contribution in [-0.4, -0.2) is 42.0 Å². The van der Waals surface area contributed by atoms with Crippen LogP contribution in [0.15, 0.2) is 12.1 Å². The third-order valence-corrected chi connectivity index (χ3v) is 3.80. The van der Waals surface area contributed by atoms with Gasteiger partial charge in [0, 0.05) is 12.6 Å². The first-order valence-corrected chi connectivity index (χ1v) is 8.07. The fraction of sp³-hybridized carbons (Fsp3) is 0.538. The molecule has 0 fully saturated rings. The second-order valence-corrected chi connectivity index (χ2v) is 6.24. The van der Waals surface area contributed by atoms with E-state index in [4.69, 9.17) is 19.3 Å². The molecule has 0 heterocycles. The molecular weight excluding hydrogens is 296 g/mol. The van der Waals surface area contributed by atoms with Gasteiger partial charge in [0.15, 0.2) is 11.5 Å². The van der Waals surface area contributed by atoms with E-state index < -0.39 is 10.0 Å². The van der Waals surface area contributed by atoms with Gasteiger partial charge in [0.05, 0.1) is 27.1 Å². The lowest BCUT2D eigenvalue weighted by Gasteiger charge is -2.18. The van der Waals surface area contributed by atoms with Gasteiger partial charge in [0.2, 0.25) is 15.8 Å². The Hall–Kier alpha value is -1.51. The number of benzene rings is 1. The summed E-state index contributed by atoms with van der Waals surface area (Å²) in [6, 6.07) is 3.53. The topological polar surface area (TPSA) is 99.9 Å². The monoisotopic (exact) mass is 318 g/mol. The molecule has 0 aromatic heterocycles. The molecule has 0 bridgehead atoms. The van der Waals surface area contributed by atoms with E-state index in [1.165, 1.54) is 7.11 Å². The number of primary sulfonamides is 1. The molecule has 0 saturated heterocycles. The number of rotatable bonds is 8. The van der Waals surface area contributed by atoms with Crippen molar-refractivity contribution in [3.63, 3.8) is 0 Å². The molecule has 0 radical (unpaired) electrons. The molecular formula is C13H22N2O5S. The van der Waals surface area contributed by atoms with Gasteiger partial charge in [-0.2, -0.15) is 0 Å². The molecule has 0 aliphatic rings. The third kappa shape index (κ3) is 5.07. The Morgan fingerprint density at radius 2 is 1.67 bits per heavy atom. The fourth-order valence-corrected chi connectivity index (χ4v) is 2.29. The second-order valence-electron chi connectivity index (χ2n) is 4.50. The molecule has 1 aromatic rings. The number of ether oxygens (including phenoxy) is 3. The highest BCUT2D eigenvalue weighted by molar-refractivity contribution is 7.89. The van der Waals surface area contributed by atoms with E-state index in [1.807, 2.05) is 19.1 Å². The van der Waals surface area contributed by atoms with Crippen LogP contribution in [0, 0.1) is 0 Å². The van der Waals surface area contributed by atoms with E-state index in [0.717, 1.165) is 5.56 Å². The van der Waals surface area contributed by atoms with Crippen LogP contribution in [0.4, 0.5) is 0 Å². The average Bonchev–Trinajstić information content (AvgIpc) is 2.43. The van der Waals surface area contributed by atoms with Crippen LogP contribution in [0.1, 0.15) is 18.5 Å². The minimum atomic E-state index is -3.47. The summed E-state index contributed by atoms with van der Waals surface area (Å²) in [5.74, 6) is 1.49. The van der Waals surface area contributed by atoms with Crippen molar-refractivity contribution in [1.82, 2.24) is 5.32 Å². The lowest BCUT2D eigenvalue weighted by Crippen LogP contribution is -2.28. The Labute approximate surface area is 125 Å². The summed E-state index contributed by atoms with van der Waals surface area (Å²) in [6.07, 6.45) is 0. The van der Waals surface area contributed by atoms with Crippen molar-refractivity contribution in [2.24, 2.45) is 5.14 Å². The molecule has 3 N–H and O–H groups in total. The minimum Gasteiger partial charge on any atom is -0.493 e. The van der Waals surface area contributed by atoms with Gasteiger partial charge >= 0.3 is 0 Å². The van der Waals surface area contributed by atoms with Gasteiger partial charge in [-0.1, -0.05) is 0 Å². The number of hydrogen-bond acceptors (Lipinski definition) is 6. The molecule has 0 amide bonds. The van der Waals surface area contributed by atoms with E-state index in [-0.39, 0.29) is 18.3 Å². The molecule has 1 atom stereocenters. The molecule has 0 aliphatic heterocycles. The van der Waals surface area contributed by atoms with Crippen LogP contribution in [-0.2, 0) is 10.0 Å². The lowest BCUT2D eigenvalue weighted by molar-refractivity contribution is 0.323. The van der Waals surface area contributed by atoms with Gasteiger partial charge in [-0.05, 0) is 24.6 Å². The molecule has 1 aromatic carbocycles. The van der Waals surface area contributed by atoms with Crippen LogP contribution in [0.25, 0.3) is 0 Å².